The Hall–Kier alpha value is -1.10. The van der Waals surface area contributed by atoms with Crippen LogP contribution in [-0.4, -0.2) is 7.11 Å². The summed E-state index contributed by atoms with van der Waals surface area (Å²) in [6.45, 7) is 1.83. The molecule has 0 bridgehead atoms. The smallest absolute Gasteiger partial charge is 0.168 e. The summed E-state index contributed by atoms with van der Waals surface area (Å²) in [5.74, 6) is -0.171. The summed E-state index contributed by atoms with van der Waals surface area (Å²) >= 11 is 9.61. The number of halogens is 3. The normalized spacial score (nSPS) is 13.8. The lowest BCUT2D eigenvalue weighted by atomic mass is 9.86. The zero-order valence-corrected chi connectivity index (χ0v) is 14.1. The molecular weight excluding hydrogens is 357 g/mol. The minimum Gasteiger partial charge on any atom is -0.494 e. The van der Waals surface area contributed by atoms with Gasteiger partial charge in [-0.2, -0.15) is 0 Å². The number of benzene rings is 2. The Morgan fingerprint density at radius 2 is 2.05 bits per heavy atom. The summed E-state index contributed by atoms with van der Waals surface area (Å²) in [5.41, 5.74) is 6.86. The maximum Gasteiger partial charge on any atom is 0.168 e. The van der Waals surface area contributed by atoms with Crippen LogP contribution in [0.1, 0.15) is 18.1 Å². The van der Waals surface area contributed by atoms with Gasteiger partial charge in [0.05, 0.1) is 7.11 Å². The van der Waals surface area contributed by atoms with Crippen LogP contribution in [0.3, 0.4) is 0 Å². The van der Waals surface area contributed by atoms with Crippen LogP contribution in [0.4, 0.5) is 4.39 Å². The van der Waals surface area contributed by atoms with E-state index in [1.165, 1.54) is 7.11 Å². The number of hydrogen-bond donors (Lipinski definition) is 1. The highest BCUT2D eigenvalue weighted by molar-refractivity contribution is 9.10. The average molecular weight is 373 g/mol. The lowest BCUT2D eigenvalue weighted by Gasteiger charge is -2.27. The van der Waals surface area contributed by atoms with Crippen LogP contribution >= 0.6 is 27.5 Å². The van der Waals surface area contributed by atoms with Gasteiger partial charge in [-0.15, -0.1) is 0 Å². The Morgan fingerprint density at radius 1 is 1.33 bits per heavy atom. The molecule has 0 aliphatic carbocycles. The molecule has 0 spiro atoms. The molecule has 2 aromatic rings. The van der Waals surface area contributed by atoms with Crippen molar-refractivity contribution >= 4 is 27.5 Å². The summed E-state index contributed by atoms with van der Waals surface area (Å²) in [6.07, 6.45) is 0.317. The zero-order chi connectivity index (χ0) is 15.6. The minimum absolute atomic E-state index is 0.213. The molecule has 1 unspecified atom stereocenters. The van der Waals surface area contributed by atoms with Crippen molar-refractivity contribution in [2.75, 3.05) is 7.11 Å². The Morgan fingerprint density at radius 3 is 2.67 bits per heavy atom. The van der Waals surface area contributed by atoms with Crippen molar-refractivity contribution in [1.82, 2.24) is 0 Å². The van der Waals surface area contributed by atoms with Crippen LogP contribution in [0.15, 0.2) is 40.9 Å². The van der Waals surface area contributed by atoms with E-state index < -0.39 is 5.54 Å². The van der Waals surface area contributed by atoms with Crippen LogP contribution in [0, 0.1) is 5.82 Å². The van der Waals surface area contributed by atoms with Gasteiger partial charge in [0.15, 0.2) is 11.6 Å². The first-order valence-electron chi connectivity index (χ1n) is 6.41. The molecule has 5 heteroatoms. The lowest BCUT2D eigenvalue weighted by Crippen LogP contribution is -2.36. The van der Waals surface area contributed by atoms with E-state index >= 15 is 0 Å². The third-order valence-electron chi connectivity index (χ3n) is 3.37. The molecule has 0 saturated heterocycles. The van der Waals surface area contributed by atoms with Crippen molar-refractivity contribution in [2.24, 2.45) is 5.73 Å². The second kappa shape index (κ2) is 6.34. The average Bonchev–Trinajstić information content (AvgIpc) is 2.40. The van der Waals surface area contributed by atoms with Gasteiger partial charge in [0.2, 0.25) is 0 Å². The van der Waals surface area contributed by atoms with Gasteiger partial charge >= 0.3 is 0 Å². The highest BCUT2D eigenvalue weighted by Crippen LogP contribution is 2.33. The fourth-order valence-electron chi connectivity index (χ4n) is 2.29. The number of ether oxygens (including phenoxy) is 1. The van der Waals surface area contributed by atoms with Gasteiger partial charge in [-0.25, -0.2) is 4.39 Å². The largest absolute Gasteiger partial charge is 0.494 e. The van der Waals surface area contributed by atoms with Gasteiger partial charge < -0.3 is 10.5 Å². The number of rotatable bonds is 4. The molecule has 0 fully saturated rings. The van der Waals surface area contributed by atoms with E-state index in [4.69, 9.17) is 22.1 Å². The van der Waals surface area contributed by atoms with Crippen LogP contribution in [-0.2, 0) is 12.0 Å². The van der Waals surface area contributed by atoms with E-state index in [1.807, 2.05) is 19.1 Å². The Kier molecular flexibility index (Phi) is 4.91. The Balaban J connectivity index is 2.37. The Bertz CT molecular complexity index is 661. The SMILES string of the molecule is COc1cccc(CC(C)(N)c2ccc(Br)cc2Cl)c1F. The molecule has 2 rings (SSSR count). The first-order chi connectivity index (χ1) is 9.85. The van der Waals surface area contributed by atoms with Crippen molar-refractivity contribution in [3.8, 4) is 5.75 Å². The van der Waals surface area contributed by atoms with E-state index in [2.05, 4.69) is 15.9 Å². The van der Waals surface area contributed by atoms with Crippen LogP contribution in [0.2, 0.25) is 5.02 Å². The van der Waals surface area contributed by atoms with E-state index in [1.54, 1.807) is 24.3 Å². The molecule has 0 aromatic heterocycles. The number of hydrogen-bond acceptors (Lipinski definition) is 2. The molecule has 0 radical (unpaired) electrons. The van der Waals surface area contributed by atoms with Crippen LogP contribution < -0.4 is 10.5 Å². The third kappa shape index (κ3) is 3.57. The standard InChI is InChI=1S/C16H16BrClFNO/c1-16(20,12-7-6-11(17)8-13(12)18)9-10-4-3-5-14(21-2)15(10)19/h3-8H,9,20H2,1-2H3. The summed E-state index contributed by atoms with van der Waals surface area (Å²) in [5, 5.41) is 0.553. The molecule has 0 aliphatic rings. The molecule has 0 aliphatic heterocycles. The lowest BCUT2D eigenvalue weighted by molar-refractivity contribution is 0.380. The molecule has 0 heterocycles. The van der Waals surface area contributed by atoms with E-state index in [-0.39, 0.29) is 11.6 Å². The first-order valence-corrected chi connectivity index (χ1v) is 7.58. The minimum atomic E-state index is -0.787. The molecule has 1 atom stereocenters. The molecular formula is C16H16BrClFNO. The zero-order valence-electron chi connectivity index (χ0n) is 11.8. The maximum atomic E-state index is 14.3. The highest BCUT2D eigenvalue weighted by atomic mass is 79.9. The quantitative estimate of drug-likeness (QED) is 0.846. The van der Waals surface area contributed by atoms with E-state index in [0.717, 1.165) is 10.0 Å². The topological polar surface area (TPSA) is 35.2 Å². The van der Waals surface area contributed by atoms with Gasteiger partial charge in [0, 0.05) is 15.0 Å². The van der Waals surface area contributed by atoms with Crippen LogP contribution in [0.25, 0.3) is 0 Å². The predicted octanol–water partition coefficient (Wildman–Crippen LogP) is 4.67. The molecule has 0 amide bonds. The van der Waals surface area contributed by atoms with Crippen molar-refractivity contribution in [2.45, 2.75) is 18.9 Å². The molecule has 0 saturated carbocycles. The van der Waals surface area contributed by atoms with Crippen molar-refractivity contribution in [1.29, 1.82) is 0 Å². The maximum absolute atomic E-state index is 14.3. The van der Waals surface area contributed by atoms with Gasteiger partial charge in [-0.05, 0) is 42.7 Å². The van der Waals surface area contributed by atoms with Gasteiger partial charge in [-0.1, -0.05) is 45.7 Å². The van der Waals surface area contributed by atoms with E-state index in [0.29, 0.717) is 17.0 Å². The van der Waals surface area contributed by atoms with Crippen molar-refractivity contribution < 1.29 is 9.13 Å². The molecule has 2 nitrogen and oxygen atoms in total. The van der Waals surface area contributed by atoms with Crippen molar-refractivity contribution in [3.05, 3.63) is 62.8 Å². The fourth-order valence-corrected chi connectivity index (χ4v) is 3.18. The predicted molar refractivity (Wildman–Crippen MR) is 87.3 cm³/mol. The fraction of sp³-hybridized carbons (Fsp3) is 0.250. The monoisotopic (exact) mass is 371 g/mol. The first kappa shape index (κ1) is 16.3. The molecule has 112 valence electrons. The molecule has 2 N–H and O–H groups in total. The third-order valence-corrected chi connectivity index (χ3v) is 4.17. The van der Waals surface area contributed by atoms with Gasteiger partial charge in [0.25, 0.3) is 0 Å². The molecule has 21 heavy (non-hydrogen) atoms. The van der Waals surface area contributed by atoms with Gasteiger partial charge in [0.1, 0.15) is 0 Å². The van der Waals surface area contributed by atoms with Crippen LogP contribution in [0.5, 0.6) is 5.75 Å². The number of nitrogens with two attached hydrogens (primary N) is 1. The summed E-state index contributed by atoms with van der Waals surface area (Å²) in [6, 6.07) is 10.5. The summed E-state index contributed by atoms with van der Waals surface area (Å²) in [7, 11) is 1.44. The second-order valence-electron chi connectivity index (χ2n) is 5.15. The summed E-state index contributed by atoms with van der Waals surface area (Å²) in [4.78, 5) is 0. The molecule has 2 aromatic carbocycles. The highest BCUT2D eigenvalue weighted by Gasteiger charge is 2.26. The Labute approximate surface area is 137 Å². The van der Waals surface area contributed by atoms with Crippen molar-refractivity contribution in [3.63, 3.8) is 0 Å². The second-order valence-corrected chi connectivity index (χ2v) is 6.47. The summed E-state index contributed by atoms with van der Waals surface area (Å²) < 4.78 is 20.1. The van der Waals surface area contributed by atoms with E-state index in [9.17, 15) is 4.39 Å². The number of methoxy groups -OCH3 is 1. The van der Waals surface area contributed by atoms with Gasteiger partial charge in [-0.3, -0.25) is 0 Å².